The van der Waals surface area contributed by atoms with Crippen LogP contribution in [0.5, 0.6) is 0 Å². The van der Waals surface area contributed by atoms with E-state index in [0.29, 0.717) is 18.9 Å². The van der Waals surface area contributed by atoms with Crippen LogP contribution in [0.15, 0.2) is 44.8 Å². The summed E-state index contributed by atoms with van der Waals surface area (Å²) >= 11 is 1.15. The summed E-state index contributed by atoms with van der Waals surface area (Å²) in [5.74, 6) is -0.261. The van der Waals surface area contributed by atoms with E-state index >= 15 is 0 Å². The van der Waals surface area contributed by atoms with Gasteiger partial charge in [-0.25, -0.2) is 8.79 Å². The number of aliphatic imine (C=N–C) groups is 1. The van der Waals surface area contributed by atoms with Crippen molar-refractivity contribution in [2.24, 2.45) is 15.1 Å². The molecule has 0 amide bonds. The van der Waals surface area contributed by atoms with Crippen molar-refractivity contribution < 1.29 is 9.13 Å². The van der Waals surface area contributed by atoms with Crippen LogP contribution in [-0.4, -0.2) is 19.7 Å². The summed E-state index contributed by atoms with van der Waals surface area (Å²) in [7, 11) is 0. The largest absolute Gasteiger partial charge is 0.389 e. The molecule has 0 spiro atoms. The van der Waals surface area contributed by atoms with Crippen LogP contribution < -0.4 is 5.73 Å². The molecule has 0 atom stereocenters. The highest BCUT2D eigenvalue weighted by Gasteiger charge is 1.97. The highest BCUT2D eigenvalue weighted by Crippen LogP contribution is 2.10. The summed E-state index contributed by atoms with van der Waals surface area (Å²) in [6, 6.07) is 6.14. The van der Waals surface area contributed by atoms with Crippen LogP contribution in [-0.2, 0) is 11.3 Å². The Hall–Kier alpha value is -1.66. The van der Waals surface area contributed by atoms with Gasteiger partial charge in [-0.1, -0.05) is 12.1 Å². The van der Waals surface area contributed by atoms with Gasteiger partial charge in [0.1, 0.15) is 5.82 Å². The van der Waals surface area contributed by atoms with Gasteiger partial charge in [0.2, 0.25) is 0 Å². The molecule has 1 aromatic carbocycles. The fourth-order valence-corrected chi connectivity index (χ4v) is 1.49. The number of halogens is 1. The Morgan fingerprint density at radius 1 is 1.44 bits per heavy atom. The van der Waals surface area contributed by atoms with Gasteiger partial charge >= 0.3 is 0 Å². The molecule has 1 rings (SSSR count). The van der Waals surface area contributed by atoms with Gasteiger partial charge < -0.3 is 10.5 Å². The summed E-state index contributed by atoms with van der Waals surface area (Å²) in [6.07, 6.45) is 1.20. The van der Waals surface area contributed by atoms with Gasteiger partial charge in [-0.05, 0) is 24.4 Å². The topological polar surface area (TPSA) is 60.0 Å². The average Bonchev–Trinajstić information content (AvgIpc) is 2.39. The van der Waals surface area contributed by atoms with E-state index in [9.17, 15) is 4.39 Å². The first-order valence-corrected chi connectivity index (χ1v) is 5.97. The Labute approximate surface area is 110 Å². The Kier molecular flexibility index (Phi) is 6.75. The number of rotatable bonds is 7. The first kappa shape index (κ1) is 14.4. The lowest BCUT2D eigenvalue weighted by Gasteiger charge is -2.04. The molecule has 0 aliphatic carbocycles. The fourth-order valence-electron chi connectivity index (χ4n) is 1.10. The molecular weight excluding hydrogens is 253 g/mol. The SMILES string of the molecule is C=N/C(=C\SN=CN)COCc1ccc(F)cc1. The van der Waals surface area contributed by atoms with Gasteiger partial charge in [0, 0.05) is 17.4 Å². The molecule has 0 unspecified atom stereocenters. The second kappa shape index (κ2) is 8.43. The molecule has 0 aromatic heterocycles. The van der Waals surface area contributed by atoms with E-state index in [0.717, 1.165) is 17.5 Å². The lowest BCUT2D eigenvalue weighted by molar-refractivity contribution is 0.142. The standard InChI is InChI=1S/C12H14FN3OS/c1-15-12(8-18-16-9-14)7-17-6-10-2-4-11(13)5-3-10/h2-5,8-9H,1,6-7H2,(H2,14,16)/b12-8-. The van der Waals surface area contributed by atoms with Gasteiger partial charge in [-0.15, -0.1) is 0 Å². The lowest BCUT2D eigenvalue weighted by atomic mass is 10.2. The second-order valence-corrected chi connectivity index (χ2v) is 3.90. The maximum absolute atomic E-state index is 12.7. The molecule has 0 aliphatic rings. The van der Waals surface area contributed by atoms with Crippen LogP contribution in [0.25, 0.3) is 0 Å². The average molecular weight is 267 g/mol. The first-order chi connectivity index (χ1) is 8.76. The fraction of sp³-hybridized carbons (Fsp3) is 0.167. The molecule has 1 aromatic rings. The molecule has 6 heteroatoms. The molecule has 0 aliphatic heterocycles. The van der Waals surface area contributed by atoms with Crippen LogP contribution in [0.4, 0.5) is 4.39 Å². The smallest absolute Gasteiger partial charge is 0.123 e. The molecular formula is C12H14FN3OS. The highest BCUT2D eigenvalue weighted by molar-refractivity contribution is 8.01. The zero-order valence-corrected chi connectivity index (χ0v) is 10.6. The van der Waals surface area contributed by atoms with E-state index in [1.165, 1.54) is 18.5 Å². The number of nitrogens with zero attached hydrogens (tertiary/aromatic N) is 2. The molecule has 0 bridgehead atoms. The normalized spacial score (nSPS) is 11.9. The molecule has 2 N–H and O–H groups in total. The molecule has 96 valence electrons. The van der Waals surface area contributed by atoms with Crippen molar-refractivity contribution >= 4 is 25.0 Å². The molecule has 0 saturated carbocycles. The van der Waals surface area contributed by atoms with Crippen molar-refractivity contribution in [3.8, 4) is 0 Å². The zero-order chi connectivity index (χ0) is 13.2. The Morgan fingerprint density at radius 2 is 2.17 bits per heavy atom. The Bertz CT molecular complexity index is 431. The lowest BCUT2D eigenvalue weighted by Crippen LogP contribution is -1.97. The van der Waals surface area contributed by atoms with Crippen LogP contribution in [0, 0.1) is 5.82 Å². The van der Waals surface area contributed by atoms with Gasteiger partial charge in [0.25, 0.3) is 0 Å². The van der Waals surface area contributed by atoms with Crippen molar-refractivity contribution in [3.63, 3.8) is 0 Å². The number of hydrogen-bond donors (Lipinski definition) is 1. The van der Waals surface area contributed by atoms with Crippen molar-refractivity contribution in [1.29, 1.82) is 0 Å². The predicted molar refractivity (Wildman–Crippen MR) is 74.0 cm³/mol. The number of hydrogen-bond acceptors (Lipinski definition) is 4. The van der Waals surface area contributed by atoms with Gasteiger partial charge in [-0.2, -0.15) is 0 Å². The molecule has 4 nitrogen and oxygen atoms in total. The molecule has 18 heavy (non-hydrogen) atoms. The molecule has 0 radical (unpaired) electrons. The second-order valence-electron chi connectivity index (χ2n) is 3.25. The van der Waals surface area contributed by atoms with E-state index in [2.05, 4.69) is 16.1 Å². The number of ether oxygens (including phenoxy) is 1. The predicted octanol–water partition coefficient (Wildman–Crippen LogP) is 2.52. The highest BCUT2D eigenvalue weighted by atomic mass is 32.2. The van der Waals surface area contributed by atoms with E-state index in [1.807, 2.05) is 0 Å². The van der Waals surface area contributed by atoms with E-state index in [1.54, 1.807) is 17.5 Å². The third-order valence-electron chi connectivity index (χ3n) is 1.95. The van der Waals surface area contributed by atoms with Crippen molar-refractivity contribution in [3.05, 3.63) is 46.8 Å². The minimum Gasteiger partial charge on any atom is -0.389 e. The summed E-state index contributed by atoms with van der Waals surface area (Å²) < 4.78 is 21.8. The molecule has 0 fully saturated rings. The minimum absolute atomic E-state index is 0.261. The maximum atomic E-state index is 12.7. The maximum Gasteiger partial charge on any atom is 0.123 e. The van der Waals surface area contributed by atoms with E-state index in [4.69, 9.17) is 10.5 Å². The third-order valence-corrected chi connectivity index (χ3v) is 2.57. The number of benzene rings is 1. The first-order valence-electron chi connectivity index (χ1n) is 5.13. The van der Waals surface area contributed by atoms with Gasteiger partial charge in [-0.3, -0.25) is 4.99 Å². The van der Waals surface area contributed by atoms with Crippen LogP contribution in [0.2, 0.25) is 0 Å². The van der Waals surface area contributed by atoms with Crippen molar-refractivity contribution in [2.45, 2.75) is 6.61 Å². The Morgan fingerprint density at radius 3 is 2.78 bits per heavy atom. The van der Waals surface area contributed by atoms with Crippen LogP contribution in [0.1, 0.15) is 5.56 Å². The van der Waals surface area contributed by atoms with Gasteiger partial charge in [0.15, 0.2) is 0 Å². The third kappa shape index (κ3) is 5.60. The number of nitrogens with two attached hydrogens (primary N) is 1. The summed E-state index contributed by atoms with van der Waals surface area (Å²) in [5, 5.41) is 1.70. The molecule has 0 heterocycles. The minimum atomic E-state index is -0.261. The summed E-state index contributed by atoms with van der Waals surface area (Å²) in [6.45, 7) is 4.13. The van der Waals surface area contributed by atoms with E-state index < -0.39 is 0 Å². The summed E-state index contributed by atoms with van der Waals surface area (Å²) in [4.78, 5) is 3.80. The monoisotopic (exact) mass is 267 g/mol. The van der Waals surface area contributed by atoms with Crippen LogP contribution >= 0.6 is 11.9 Å². The quantitative estimate of drug-likeness (QED) is 0.469. The van der Waals surface area contributed by atoms with E-state index in [-0.39, 0.29) is 5.82 Å². The van der Waals surface area contributed by atoms with Gasteiger partial charge in [0.05, 0.1) is 25.2 Å². The Balaban J connectivity index is 2.37. The van der Waals surface area contributed by atoms with Crippen molar-refractivity contribution in [2.75, 3.05) is 6.61 Å². The summed E-state index contributed by atoms with van der Waals surface area (Å²) in [5.41, 5.74) is 6.65. The van der Waals surface area contributed by atoms with Crippen LogP contribution in [0.3, 0.4) is 0 Å². The van der Waals surface area contributed by atoms with Crippen molar-refractivity contribution in [1.82, 2.24) is 0 Å². The zero-order valence-electron chi connectivity index (χ0n) is 9.75. The molecule has 0 saturated heterocycles.